The van der Waals surface area contributed by atoms with E-state index in [2.05, 4.69) is 15.6 Å². The molecule has 4 aliphatic heterocycles. The van der Waals surface area contributed by atoms with Gasteiger partial charge >= 0.3 is 0 Å². The van der Waals surface area contributed by atoms with Crippen LogP contribution < -0.4 is 21.1 Å². The van der Waals surface area contributed by atoms with Gasteiger partial charge in [0, 0.05) is 38.3 Å². The maximum absolute atomic E-state index is 13.6. The smallest absolute Gasteiger partial charge is 0.250 e. The molecule has 0 fully saturated rings. The summed E-state index contributed by atoms with van der Waals surface area (Å²) in [6, 6.07) is 14.2. The van der Waals surface area contributed by atoms with Gasteiger partial charge < -0.3 is 34.9 Å². The lowest BCUT2D eigenvalue weighted by Crippen LogP contribution is -2.45. The van der Waals surface area contributed by atoms with Crippen LogP contribution in [0.1, 0.15) is 54.7 Å². The molecule has 49 heavy (non-hydrogen) atoms. The number of anilines is 1. The second kappa shape index (κ2) is 10.0. The number of carbonyl (C=O) groups excluding carboxylic acids is 1. The van der Waals surface area contributed by atoms with Crippen LogP contribution in [0.15, 0.2) is 57.4 Å². The average molecular weight is 714 g/mol. The Labute approximate surface area is 294 Å². The Hall–Kier alpha value is -4.48. The maximum atomic E-state index is 13.6. The molecule has 246 valence electrons. The van der Waals surface area contributed by atoms with Gasteiger partial charge in [-0.05, 0) is 47.7 Å². The minimum absolute atomic E-state index is 0.0674. The van der Waals surface area contributed by atoms with Crippen molar-refractivity contribution in [2.24, 2.45) is 11.7 Å². The number of ether oxygens (including phenoxy) is 1. The minimum Gasteiger partial charge on any atom is -0.469 e. The molecule has 0 unspecified atom stereocenters. The highest BCUT2D eigenvalue weighted by Gasteiger charge is 2.62. The van der Waals surface area contributed by atoms with E-state index in [0.717, 1.165) is 50.8 Å². The van der Waals surface area contributed by atoms with Gasteiger partial charge in [-0.2, -0.15) is 4.98 Å². The summed E-state index contributed by atoms with van der Waals surface area (Å²) in [6.07, 6.45) is 0.355. The van der Waals surface area contributed by atoms with Crippen LogP contribution in [0, 0.1) is 5.92 Å². The van der Waals surface area contributed by atoms with E-state index in [1.807, 2.05) is 62.4 Å². The summed E-state index contributed by atoms with van der Waals surface area (Å²) in [4.78, 5) is 26.7. The average Bonchev–Trinajstić information content (AvgIpc) is 3.88. The highest BCUT2D eigenvalue weighted by molar-refractivity contribution is 6.37. The van der Waals surface area contributed by atoms with E-state index < -0.39 is 23.7 Å². The number of aromatic amines is 1. The second-order valence-electron chi connectivity index (χ2n) is 13.2. The third-order valence-corrected chi connectivity index (χ3v) is 11.3. The number of carbonyl (C=O) groups is 1. The number of hydrogen-bond donors (Lipinski definition) is 4. The standard InChI is InChI=1S/C36H27Cl3N6O4/c1-3-13(2)25-33-43-27-29(49-33)36-18-9-14(10-20(40)32(46)42-25)7-8-22(18)47-35(36)44-26-17(11-15(37)12-19(26)36)16-5-4-6-21-23(16)24(30(38)41-21)28-31(39)45-34(27)48-28/h4-9,11-13,20,25,35,41,44H,3,10,40H2,1-2H3,(H,42,46)/t13-,20+,25+,35-,36-/m1/s1. The van der Waals surface area contributed by atoms with Crippen molar-refractivity contribution in [1.29, 1.82) is 0 Å². The number of fused-ring (bicyclic) bond motifs is 7. The van der Waals surface area contributed by atoms with Crippen molar-refractivity contribution in [3.05, 3.63) is 92.2 Å². The van der Waals surface area contributed by atoms with Crippen molar-refractivity contribution in [2.45, 2.75) is 50.4 Å². The van der Waals surface area contributed by atoms with Crippen LogP contribution in [-0.4, -0.2) is 33.1 Å². The molecule has 1 spiro atoms. The van der Waals surface area contributed by atoms with Gasteiger partial charge in [0.15, 0.2) is 28.6 Å². The van der Waals surface area contributed by atoms with Crippen LogP contribution in [0.2, 0.25) is 15.3 Å². The lowest BCUT2D eigenvalue weighted by molar-refractivity contribution is -0.123. The molecule has 0 saturated carbocycles. The number of H-pyrrole nitrogens is 1. The van der Waals surface area contributed by atoms with Crippen LogP contribution in [-0.2, 0) is 16.6 Å². The SMILES string of the molecule is CC[C@@H](C)[C@@H]1NC(=O)[C@@H](N)Cc2ccc3c(c2)[C@]24c5cc(Cl)cc(c5N[C@@H]2O3)-c2cccc3[nH]c(Cl)c(c23)-c2oc(nc2Cl)-c2nc1oc24. The molecule has 7 heterocycles. The molecule has 13 heteroatoms. The fraction of sp³-hybridized carbons (Fsp3) is 0.250. The van der Waals surface area contributed by atoms with Crippen molar-refractivity contribution in [1.82, 2.24) is 20.3 Å². The molecule has 10 rings (SSSR count). The largest absolute Gasteiger partial charge is 0.469 e. The van der Waals surface area contributed by atoms with Crippen LogP contribution >= 0.6 is 34.8 Å². The van der Waals surface area contributed by atoms with Crippen molar-refractivity contribution < 1.29 is 18.4 Å². The van der Waals surface area contributed by atoms with Crippen LogP contribution in [0.25, 0.3) is 44.9 Å². The molecular formula is C36H27Cl3N6O4. The molecule has 1 amide bonds. The zero-order chi connectivity index (χ0) is 33.5. The summed E-state index contributed by atoms with van der Waals surface area (Å²) in [6.45, 7) is 4.08. The predicted octanol–water partition coefficient (Wildman–Crippen LogP) is 7.98. The van der Waals surface area contributed by atoms with Gasteiger partial charge in [-0.15, -0.1) is 0 Å². The quantitative estimate of drug-likeness (QED) is 0.141. The van der Waals surface area contributed by atoms with Gasteiger partial charge in [-0.25, -0.2) is 4.98 Å². The summed E-state index contributed by atoms with van der Waals surface area (Å²) in [7, 11) is 0. The Morgan fingerprint density at radius 1 is 1.04 bits per heavy atom. The van der Waals surface area contributed by atoms with E-state index in [1.54, 1.807) is 0 Å². The van der Waals surface area contributed by atoms with E-state index in [-0.39, 0.29) is 34.5 Å². The molecule has 5 N–H and O–H groups in total. The number of rotatable bonds is 2. The van der Waals surface area contributed by atoms with Crippen molar-refractivity contribution in [3.8, 4) is 39.8 Å². The Morgan fingerprint density at radius 2 is 1.90 bits per heavy atom. The Kier molecular flexibility index (Phi) is 6.03. The number of oxazole rings is 2. The summed E-state index contributed by atoms with van der Waals surface area (Å²) in [5.41, 5.74) is 12.0. The molecule has 10 nitrogen and oxygen atoms in total. The Balaban J connectivity index is 1.41. The number of benzene rings is 3. The summed E-state index contributed by atoms with van der Waals surface area (Å²) >= 11 is 20.9. The monoisotopic (exact) mass is 712 g/mol. The molecule has 10 bridgehead atoms. The summed E-state index contributed by atoms with van der Waals surface area (Å²) in [5.74, 6) is 1.37. The van der Waals surface area contributed by atoms with Crippen molar-refractivity contribution in [2.75, 3.05) is 5.32 Å². The fourth-order valence-corrected chi connectivity index (χ4v) is 8.77. The van der Waals surface area contributed by atoms with E-state index >= 15 is 0 Å². The summed E-state index contributed by atoms with van der Waals surface area (Å²) in [5, 5.41) is 8.61. The number of hydrogen-bond acceptors (Lipinski definition) is 8. The number of halogens is 3. The first kappa shape index (κ1) is 29.4. The Bertz CT molecular complexity index is 2430. The predicted molar refractivity (Wildman–Crippen MR) is 186 cm³/mol. The lowest BCUT2D eigenvalue weighted by atomic mass is 9.72. The third-order valence-electron chi connectivity index (χ3n) is 10.6. The van der Waals surface area contributed by atoms with Crippen LogP contribution in [0.3, 0.4) is 0 Å². The van der Waals surface area contributed by atoms with Gasteiger partial charge in [-0.1, -0.05) is 79.3 Å². The van der Waals surface area contributed by atoms with Crippen molar-refractivity contribution in [3.63, 3.8) is 0 Å². The first-order chi connectivity index (χ1) is 23.7. The van der Waals surface area contributed by atoms with Gasteiger partial charge in [0.25, 0.3) is 5.89 Å². The molecule has 0 saturated heterocycles. The van der Waals surface area contributed by atoms with Crippen LogP contribution in [0.5, 0.6) is 5.75 Å². The zero-order valence-electron chi connectivity index (χ0n) is 26.1. The molecule has 3 aromatic carbocycles. The molecule has 0 aliphatic carbocycles. The van der Waals surface area contributed by atoms with Gasteiger partial charge in [-0.3, -0.25) is 4.79 Å². The molecule has 6 aromatic rings. The van der Waals surface area contributed by atoms with Gasteiger partial charge in [0.2, 0.25) is 11.8 Å². The van der Waals surface area contributed by atoms with Gasteiger partial charge in [0.05, 0.1) is 11.6 Å². The normalized spacial score (nSPS) is 23.2. The highest BCUT2D eigenvalue weighted by atomic mass is 35.5. The number of nitrogens with one attached hydrogen (secondary N) is 3. The lowest BCUT2D eigenvalue weighted by Gasteiger charge is -2.28. The van der Waals surface area contributed by atoms with E-state index in [4.69, 9.17) is 64.1 Å². The number of amides is 1. The van der Waals surface area contributed by atoms with Crippen LogP contribution in [0.4, 0.5) is 5.69 Å². The van der Waals surface area contributed by atoms with Crippen molar-refractivity contribution >= 4 is 57.3 Å². The maximum Gasteiger partial charge on any atom is 0.250 e. The number of nitrogens with two attached hydrogens (primary N) is 1. The fourth-order valence-electron chi connectivity index (χ4n) is 8.06. The Morgan fingerprint density at radius 3 is 2.73 bits per heavy atom. The third kappa shape index (κ3) is 3.80. The molecule has 5 atom stereocenters. The second-order valence-corrected chi connectivity index (χ2v) is 14.4. The molecule has 3 aromatic heterocycles. The molecule has 0 radical (unpaired) electrons. The topological polar surface area (TPSA) is 144 Å². The first-order valence-corrected chi connectivity index (χ1v) is 17.3. The zero-order valence-corrected chi connectivity index (χ0v) is 28.3. The summed E-state index contributed by atoms with van der Waals surface area (Å²) < 4.78 is 20.3. The molecular weight excluding hydrogens is 687 g/mol. The van der Waals surface area contributed by atoms with Gasteiger partial charge in [0.1, 0.15) is 22.4 Å². The number of aromatic nitrogens is 3. The van der Waals surface area contributed by atoms with E-state index in [9.17, 15) is 4.79 Å². The molecule has 4 aliphatic rings. The van der Waals surface area contributed by atoms with E-state index in [1.165, 1.54) is 0 Å². The van der Waals surface area contributed by atoms with E-state index in [0.29, 0.717) is 39.4 Å². The highest BCUT2D eigenvalue weighted by Crippen LogP contribution is 2.62. The first-order valence-electron chi connectivity index (χ1n) is 16.1. The minimum atomic E-state index is -1.12. The number of nitrogens with zero attached hydrogens (tertiary/aromatic N) is 2.